The minimum atomic E-state index is -0.449. The van der Waals surface area contributed by atoms with Crippen molar-refractivity contribution in [3.05, 3.63) is 29.6 Å². The molecular weight excluding hydrogens is 242 g/mol. The van der Waals surface area contributed by atoms with Crippen LogP contribution >= 0.6 is 0 Å². The van der Waals surface area contributed by atoms with Gasteiger partial charge in [-0.2, -0.15) is 0 Å². The number of aliphatic hydroxyl groups excluding tert-OH is 1. The summed E-state index contributed by atoms with van der Waals surface area (Å²) in [6, 6.07) is 1.95. The number of aliphatic hydroxyl groups is 1. The molecule has 0 bridgehead atoms. The Bertz CT molecular complexity index is 443. The SMILES string of the molecule is Cc1ccncc1C(O)C1CCOC2(CCOC2)C1. The third-order valence-electron chi connectivity index (χ3n) is 4.44. The van der Waals surface area contributed by atoms with E-state index >= 15 is 0 Å². The van der Waals surface area contributed by atoms with Crippen molar-refractivity contribution < 1.29 is 14.6 Å². The summed E-state index contributed by atoms with van der Waals surface area (Å²) in [4.78, 5) is 4.13. The molecule has 1 aromatic heterocycles. The predicted octanol–water partition coefficient (Wildman–Crippen LogP) is 2.01. The van der Waals surface area contributed by atoms with Gasteiger partial charge < -0.3 is 14.6 Å². The van der Waals surface area contributed by atoms with Gasteiger partial charge in [-0.3, -0.25) is 4.98 Å². The molecule has 4 heteroatoms. The summed E-state index contributed by atoms with van der Waals surface area (Å²) in [6.45, 7) is 4.18. The number of hydrogen-bond donors (Lipinski definition) is 1. The van der Waals surface area contributed by atoms with E-state index in [0.717, 1.165) is 37.0 Å². The first-order valence-corrected chi connectivity index (χ1v) is 7.00. The van der Waals surface area contributed by atoms with Crippen LogP contribution in [0.5, 0.6) is 0 Å². The molecule has 19 heavy (non-hydrogen) atoms. The van der Waals surface area contributed by atoms with Gasteiger partial charge in [0.15, 0.2) is 0 Å². The molecule has 0 saturated carbocycles. The zero-order valence-electron chi connectivity index (χ0n) is 11.3. The molecule has 0 radical (unpaired) electrons. The fraction of sp³-hybridized carbons (Fsp3) is 0.667. The van der Waals surface area contributed by atoms with Crippen LogP contribution in [0.3, 0.4) is 0 Å². The Labute approximate surface area is 113 Å². The molecule has 104 valence electrons. The number of hydrogen-bond acceptors (Lipinski definition) is 4. The van der Waals surface area contributed by atoms with Crippen molar-refractivity contribution in [3.63, 3.8) is 0 Å². The monoisotopic (exact) mass is 263 g/mol. The zero-order valence-corrected chi connectivity index (χ0v) is 11.3. The van der Waals surface area contributed by atoms with E-state index < -0.39 is 6.10 Å². The molecule has 3 heterocycles. The van der Waals surface area contributed by atoms with Crippen LogP contribution in [0.15, 0.2) is 18.5 Å². The van der Waals surface area contributed by atoms with Gasteiger partial charge in [0.25, 0.3) is 0 Å². The Kier molecular flexibility index (Phi) is 3.56. The lowest BCUT2D eigenvalue weighted by molar-refractivity contribution is -0.117. The van der Waals surface area contributed by atoms with Crippen molar-refractivity contribution in [1.29, 1.82) is 0 Å². The average molecular weight is 263 g/mol. The first-order valence-electron chi connectivity index (χ1n) is 7.00. The Morgan fingerprint density at radius 3 is 3.11 bits per heavy atom. The first-order chi connectivity index (χ1) is 9.20. The second-order valence-corrected chi connectivity index (χ2v) is 5.76. The molecule has 0 aliphatic carbocycles. The predicted molar refractivity (Wildman–Crippen MR) is 70.8 cm³/mol. The van der Waals surface area contributed by atoms with E-state index in [4.69, 9.17) is 9.47 Å². The second kappa shape index (κ2) is 5.19. The van der Waals surface area contributed by atoms with Crippen LogP contribution in [-0.2, 0) is 9.47 Å². The smallest absolute Gasteiger partial charge is 0.0940 e. The quantitative estimate of drug-likeness (QED) is 0.886. The minimum Gasteiger partial charge on any atom is -0.388 e. The number of aryl methyl sites for hydroxylation is 1. The van der Waals surface area contributed by atoms with Crippen molar-refractivity contribution >= 4 is 0 Å². The fourth-order valence-electron chi connectivity index (χ4n) is 3.24. The van der Waals surface area contributed by atoms with Crippen LogP contribution in [0, 0.1) is 12.8 Å². The Hall–Kier alpha value is -0.970. The van der Waals surface area contributed by atoms with Crippen molar-refractivity contribution in [3.8, 4) is 0 Å². The van der Waals surface area contributed by atoms with Crippen LogP contribution in [0.1, 0.15) is 36.5 Å². The molecule has 2 saturated heterocycles. The zero-order chi connectivity index (χ0) is 13.3. The lowest BCUT2D eigenvalue weighted by Crippen LogP contribution is -2.42. The lowest BCUT2D eigenvalue weighted by atomic mass is 9.80. The summed E-state index contributed by atoms with van der Waals surface area (Å²) in [7, 11) is 0. The van der Waals surface area contributed by atoms with E-state index in [2.05, 4.69) is 4.98 Å². The number of rotatable bonds is 2. The van der Waals surface area contributed by atoms with E-state index in [1.165, 1.54) is 0 Å². The van der Waals surface area contributed by atoms with Gasteiger partial charge in [-0.1, -0.05) is 0 Å². The van der Waals surface area contributed by atoms with Crippen molar-refractivity contribution in [2.75, 3.05) is 19.8 Å². The highest BCUT2D eigenvalue weighted by Crippen LogP contribution is 2.41. The molecular formula is C15H21NO3. The van der Waals surface area contributed by atoms with Gasteiger partial charge in [0.1, 0.15) is 0 Å². The minimum absolute atomic E-state index is 0.153. The maximum absolute atomic E-state index is 10.6. The fourth-order valence-corrected chi connectivity index (χ4v) is 3.24. The summed E-state index contributed by atoms with van der Waals surface area (Å²) in [5.74, 6) is 0.235. The van der Waals surface area contributed by atoms with Crippen LogP contribution in [0.25, 0.3) is 0 Å². The Balaban J connectivity index is 1.76. The normalized spacial score (nSPS) is 32.6. The largest absolute Gasteiger partial charge is 0.388 e. The maximum atomic E-state index is 10.6. The summed E-state index contributed by atoms with van der Waals surface area (Å²) < 4.78 is 11.4. The highest BCUT2D eigenvalue weighted by Gasteiger charge is 2.43. The Morgan fingerprint density at radius 1 is 1.47 bits per heavy atom. The molecule has 1 N–H and O–H groups in total. The molecule has 1 spiro atoms. The molecule has 3 rings (SSSR count). The number of nitrogens with zero attached hydrogens (tertiary/aromatic N) is 1. The van der Waals surface area contributed by atoms with E-state index in [0.29, 0.717) is 13.2 Å². The van der Waals surface area contributed by atoms with E-state index in [1.54, 1.807) is 12.4 Å². The highest BCUT2D eigenvalue weighted by molar-refractivity contribution is 5.24. The van der Waals surface area contributed by atoms with Crippen LogP contribution in [-0.4, -0.2) is 35.5 Å². The molecule has 3 atom stereocenters. The summed E-state index contributed by atoms with van der Waals surface area (Å²) in [6.07, 6.45) is 5.83. The van der Waals surface area contributed by atoms with E-state index in [1.807, 2.05) is 13.0 Å². The molecule has 4 nitrogen and oxygen atoms in total. The van der Waals surface area contributed by atoms with Crippen molar-refractivity contribution in [1.82, 2.24) is 4.98 Å². The van der Waals surface area contributed by atoms with Crippen LogP contribution in [0.4, 0.5) is 0 Å². The van der Waals surface area contributed by atoms with Gasteiger partial charge in [0.2, 0.25) is 0 Å². The molecule has 0 aromatic carbocycles. The number of ether oxygens (including phenoxy) is 2. The maximum Gasteiger partial charge on any atom is 0.0940 e. The van der Waals surface area contributed by atoms with Crippen LogP contribution in [0.2, 0.25) is 0 Å². The van der Waals surface area contributed by atoms with Gasteiger partial charge >= 0.3 is 0 Å². The van der Waals surface area contributed by atoms with Gasteiger partial charge in [-0.25, -0.2) is 0 Å². The van der Waals surface area contributed by atoms with E-state index in [-0.39, 0.29) is 11.5 Å². The molecule has 2 fully saturated rings. The van der Waals surface area contributed by atoms with Gasteiger partial charge in [0, 0.05) is 37.6 Å². The first kappa shape index (κ1) is 13.0. The van der Waals surface area contributed by atoms with Crippen molar-refractivity contribution in [2.45, 2.75) is 37.9 Å². The summed E-state index contributed by atoms with van der Waals surface area (Å²) >= 11 is 0. The Morgan fingerprint density at radius 2 is 2.37 bits per heavy atom. The molecule has 2 aliphatic rings. The lowest BCUT2D eigenvalue weighted by Gasteiger charge is -2.39. The second-order valence-electron chi connectivity index (χ2n) is 5.76. The number of pyridine rings is 1. The number of aromatic nitrogens is 1. The molecule has 3 unspecified atom stereocenters. The third kappa shape index (κ3) is 2.53. The topological polar surface area (TPSA) is 51.6 Å². The summed E-state index contributed by atoms with van der Waals surface area (Å²) in [5.41, 5.74) is 1.90. The highest BCUT2D eigenvalue weighted by atomic mass is 16.6. The van der Waals surface area contributed by atoms with Gasteiger partial charge in [0.05, 0.1) is 18.3 Å². The van der Waals surface area contributed by atoms with E-state index in [9.17, 15) is 5.11 Å². The van der Waals surface area contributed by atoms with Gasteiger partial charge in [-0.05, 0) is 37.3 Å². The van der Waals surface area contributed by atoms with Gasteiger partial charge in [-0.15, -0.1) is 0 Å². The standard InChI is InChI=1S/C15H21NO3/c1-11-2-5-16-9-13(11)14(17)12-3-6-19-15(8-12)4-7-18-10-15/h2,5,9,12,14,17H,3-4,6-8,10H2,1H3. The molecule has 0 amide bonds. The van der Waals surface area contributed by atoms with Crippen LogP contribution < -0.4 is 0 Å². The summed E-state index contributed by atoms with van der Waals surface area (Å²) in [5, 5.41) is 10.6. The van der Waals surface area contributed by atoms with Crippen molar-refractivity contribution in [2.24, 2.45) is 5.92 Å². The molecule has 2 aliphatic heterocycles. The third-order valence-corrected chi connectivity index (χ3v) is 4.44. The average Bonchev–Trinajstić information content (AvgIpc) is 2.86. The molecule has 1 aromatic rings.